The van der Waals surface area contributed by atoms with Crippen LogP contribution in [0.15, 0.2) is 30.3 Å². The molecular weight excluding hydrogens is 690 g/mol. The van der Waals surface area contributed by atoms with Gasteiger partial charge in [0.25, 0.3) is 0 Å². The third kappa shape index (κ3) is 13.9. The zero-order valence-corrected chi connectivity index (χ0v) is 31.0. The van der Waals surface area contributed by atoms with Gasteiger partial charge in [-0.2, -0.15) is 0 Å². The maximum Gasteiger partial charge on any atom is 0.305 e. The first kappa shape index (κ1) is 44.3. The molecule has 1 aliphatic heterocycles. The molecule has 0 radical (unpaired) electrons. The van der Waals surface area contributed by atoms with E-state index in [4.69, 9.17) is 5.73 Å². The minimum atomic E-state index is -1.63. The fraction of sp³-hybridized carbons (Fsp3) is 0.611. The third-order valence-electron chi connectivity index (χ3n) is 8.99. The van der Waals surface area contributed by atoms with Gasteiger partial charge in [0.05, 0.1) is 19.1 Å². The van der Waals surface area contributed by atoms with Gasteiger partial charge in [-0.15, -0.1) is 0 Å². The Morgan fingerprint density at radius 3 is 2.04 bits per heavy atom. The van der Waals surface area contributed by atoms with Gasteiger partial charge in [-0.1, -0.05) is 64.4 Å². The molecule has 0 unspecified atom stereocenters. The zero-order chi connectivity index (χ0) is 39.8. The largest absolute Gasteiger partial charge is 0.481 e. The van der Waals surface area contributed by atoms with Crippen LogP contribution < -0.4 is 32.3 Å². The maximum atomic E-state index is 14.1. The number of amides is 6. The summed E-state index contributed by atoms with van der Waals surface area (Å²) in [5.41, 5.74) is 6.25. The van der Waals surface area contributed by atoms with Crippen LogP contribution in [-0.2, 0) is 44.8 Å². The highest BCUT2D eigenvalue weighted by Crippen LogP contribution is 2.20. The van der Waals surface area contributed by atoms with Gasteiger partial charge in [0.2, 0.25) is 35.4 Å². The van der Waals surface area contributed by atoms with Gasteiger partial charge in [0, 0.05) is 13.0 Å². The number of rotatable bonds is 21. The van der Waals surface area contributed by atoms with Crippen molar-refractivity contribution in [1.29, 1.82) is 0 Å². The number of hydrogen-bond donors (Lipinski definition) is 8. The number of carbonyl (C=O) groups excluding carboxylic acids is 7. The minimum Gasteiger partial charge on any atom is -0.481 e. The topological polar surface area (TPSA) is 266 Å². The van der Waals surface area contributed by atoms with E-state index in [-0.39, 0.29) is 25.3 Å². The molecule has 0 spiro atoms. The van der Waals surface area contributed by atoms with Crippen molar-refractivity contribution in [2.24, 2.45) is 17.6 Å². The average Bonchev–Trinajstić information content (AvgIpc) is 3.62. The highest BCUT2D eigenvalue weighted by Gasteiger charge is 2.39. The molecular formula is C36H55N7O10. The first-order valence-corrected chi connectivity index (χ1v) is 17.9. The SMILES string of the molecule is CC[C@H](C)[C@H](NC(=O)[C@H](CC(=O)O)NC(=O)[C@@H](N)CO)C(=O)N[C@@H](CC(C)C)C(=O)N[C@@H](Cc1ccccc1)C(=O)N1CCC[C@H]1C(=O)N[C@@H](C)C=O. The molecule has 1 aromatic carbocycles. The van der Waals surface area contributed by atoms with E-state index in [0.717, 1.165) is 5.56 Å². The maximum absolute atomic E-state index is 14.1. The van der Waals surface area contributed by atoms with Crippen molar-refractivity contribution >= 4 is 47.7 Å². The summed E-state index contributed by atoms with van der Waals surface area (Å²) in [6, 6.07) is 0.711. The van der Waals surface area contributed by atoms with Crippen molar-refractivity contribution in [3.8, 4) is 0 Å². The van der Waals surface area contributed by atoms with Crippen molar-refractivity contribution in [3.63, 3.8) is 0 Å². The van der Waals surface area contributed by atoms with Crippen molar-refractivity contribution in [1.82, 2.24) is 31.5 Å². The predicted octanol–water partition coefficient (Wildman–Crippen LogP) is -1.25. The highest BCUT2D eigenvalue weighted by molar-refractivity contribution is 5.97. The second-order valence-corrected chi connectivity index (χ2v) is 13.9. The standard InChI is InChI=1S/C36H55N7O10/c1-6-21(4)30(42-33(50)26(17-29(46)47)39-31(48)24(37)19-45)35(52)40-25(15-20(2)3)32(49)41-27(16-23-11-8-7-9-12-23)36(53)43-14-10-13-28(43)34(51)38-22(5)18-44/h7-9,11-12,18,20-22,24-28,30,45H,6,10,13-17,19,37H2,1-5H3,(H,38,51)(H,39,48)(H,40,52)(H,41,49)(H,42,50)(H,46,47)/t21-,22-,24-,25-,26-,27-,28-,30-/m0/s1. The van der Waals surface area contributed by atoms with Gasteiger partial charge >= 0.3 is 5.97 Å². The van der Waals surface area contributed by atoms with Crippen molar-refractivity contribution in [2.75, 3.05) is 13.2 Å². The van der Waals surface area contributed by atoms with E-state index in [1.54, 1.807) is 44.2 Å². The van der Waals surface area contributed by atoms with Crippen LogP contribution in [0.2, 0.25) is 0 Å². The molecule has 1 saturated heterocycles. The van der Waals surface area contributed by atoms with E-state index in [9.17, 15) is 48.6 Å². The Bertz CT molecular complexity index is 1440. The summed E-state index contributed by atoms with van der Waals surface area (Å²) < 4.78 is 0. The molecule has 17 nitrogen and oxygen atoms in total. The number of aliphatic carboxylic acids is 1. The number of aliphatic hydroxyl groups is 1. The van der Waals surface area contributed by atoms with Crippen LogP contribution in [0.5, 0.6) is 0 Å². The van der Waals surface area contributed by atoms with Gasteiger partial charge in [-0.05, 0) is 43.6 Å². The van der Waals surface area contributed by atoms with E-state index in [1.165, 1.54) is 11.8 Å². The summed E-state index contributed by atoms with van der Waals surface area (Å²) in [6.45, 7) is 8.11. The van der Waals surface area contributed by atoms with Crippen molar-refractivity contribution in [3.05, 3.63) is 35.9 Å². The quantitative estimate of drug-likeness (QED) is 0.0689. The molecule has 0 aromatic heterocycles. The number of likely N-dealkylation sites (tertiary alicyclic amines) is 1. The molecule has 1 fully saturated rings. The molecule has 6 amide bonds. The van der Waals surface area contributed by atoms with Crippen LogP contribution in [0.4, 0.5) is 0 Å². The molecule has 53 heavy (non-hydrogen) atoms. The van der Waals surface area contributed by atoms with E-state index in [0.29, 0.717) is 25.5 Å². The highest BCUT2D eigenvalue weighted by atomic mass is 16.4. The summed E-state index contributed by atoms with van der Waals surface area (Å²) in [5, 5.41) is 31.4. The van der Waals surface area contributed by atoms with Gasteiger partial charge < -0.3 is 52.2 Å². The molecule has 1 aromatic rings. The van der Waals surface area contributed by atoms with Crippen LogP contribution in [0.25, 0.3) is 0 Å². The number of aliphatic hydroxyl groups excluding tert-OH is 1. The molecule has 9 N–H and O–H groups in total. The summed E-state index contributed by atoms with van der Waals surface area (Å²) in [4.78, 5) is 105. The Morgan fingerprint density at radius 2 is 1.47 bits per heavy atom. The van der Waals surface area contributed by atoms with Crippen LogP contribution in [-0.4, -0.2) is 118 Å². The average molecular weight is 746 g/mol. The second-order valence-electron chi connectivity index (χ2n) is 13.9. The molecule has 2 rings (SSSR count). The summed E-state index contributed by atoms with van der Waals surface area (Å²) in [5.74, 6) is -6.45. The lowest BCUT2D eigenvalue weighted by Gasteiger charge is -2.31. The van der Waals surface area contributed by atoms with Gasteiger partial charge in [0.1, 0.15) is 42.5 Å². The molecule has 0 saturated carbocycles. The van der Waals surface area contributed by atoms with E-state index >= 15 is 0 Å². The van der Waals surface area contributed by atoms with Crippen LogP contribution >= 0.6 is 0 Å². The summed E-state index contributed by atoms with van der Waals surface area (Å²) in [6.07, 6.45) is 1.25. The molecule has 0 bridgehead atoms. The Kier molecular flexibility index (Phi) is 18.0. The van der Waals surface area contributed by atoms with Crippen LogP contribution in [0.1, 0.15) is 72.3 Å². The lowest BCUT2D eigenvalue weighted by molar-refractivity contribution is -0.142. The second kappa shape index (κ2) is 21.6. The van der Waals surface area contributed by atoms with Gasteiger partial charge in [-0.3, -0.25) is 33.6 Å². The summed E-state index contributed by atoms with van der Waals surface area (Å²) >= 11 is 0. The lowest BCUT2D eigenvalue weighted by atomic mass is 9.96. The first-order valence-electron chi connectivity index (χ1n) is 17.9. The van der Waals surface area contributed by atoms with E-state index < -0.39 is 103 Å². The van der Waals surface area contributed by atoms with Crippen LogP contribution in [0, 0.1) is 11.8 Å². The molecule has 1 heterocycles. The number of nitrogens with one attached hydrogen (secondary N) is 5. The Hall–Kier alpha value is -4.90. The molecule has 8 atom stereocenters. The number of nitrogens with zero attached hydrogens (tertiary/aromatic N) is 1. The smallest absolute Gasteiger partial charge is 0.305 e. The number of hydrogen-bond acceptors (Lipinski definition) is 10. The fourth-order valence-electron chi connectivity index (χ4n) is 5.85. The monoisotopic (exact) mass is 745 g/mol. The van der Waals surface area contributed by atoms with E-state index in [1.807, 2.05) is 13.8 Å². The number of carboxylic acids is 1. The molecule has 1 aliphatic rings. The Balaban J connectivity index is 2.37. The Morgan fingerprint density at radius 1 is 0.868 bits per heavy atom. The number of aldehydes is 1. The molecule has 0 aliphatic carbocycles. The number of nitrogens with two attached hydrogens (primary N) is 1. The zero-order valence-electron chi connectivity index (χ0n) is 31.0. The minimum absolute atomic E-state index is 0.0749. The molecule has 17 heteroatoms. The van der Waals surface area contributed by atoms with Crippen molar-refractivity contribution in [2.45, 2.75) is 115 Å². The third-order valence-corrected chi connectivity index (χ3v) is 8.99. The summed E-state index contributed by atoms with van der Waals surface area (Å²) in [7, 11) is 0. The van der Waals surface area contributed by atoms with Crippen molar-refractivity contribution < 1.29 is 48.6 Å². The normalized spacial score (nSPS) is 18.0. The molecule has 294 valence electrons. The van der Waals surface area contributed by atoms with Crippen LogP contribution in [0.3, 0.4) is 0 Å². The number of carbonyl (C=O) groups is 8. The van der Waals surface area contributed by atoms with Gasteiger partial charge in [-0.25, -0.2) is 0 Å². The Labute approximate surface area is 309 Å². The lowest BCUT2D eigenvalue weighted by Crippen LogP contribution is -2.61. The van der Waals surface area contributed by atoms with Gasteiger partial charge in [0.15, 0.2) is 0 Å². The number of carboxylic acid groups (broad SMARTS) is 1. The number of benzene rings is 1. The fourth-order valence-corrected chi connectivity index (χ4v) is 5.85. The predicted molar refractivity (Wildman–Crippen MR) is 192 cm³/mol. The van der Waals surface area contributed by atoms with E-state index in [2.05, 4.69) is 26.6 Å². The first-order chi connectivity index (χ1) is 25.0.